The third-order valence-electron chi connectivity index (χ3n) is 3.10. The molecule has 1 aliphatic rings. The first-order chi connectivity index (χ1) is 8.75. The molecular weight excluding hydrogens is 230 g/mol. The number of nitrogens with two attached hydrogens (primary N) is 1. The molecular formula is C12H19N5O. The fourth-order valence-electron chi connectivity index (χ4n) is 2.08. The number of amides is 1. The molecule has 0 radical (unpaired) electrons. The van der Waals surface area contributed by atoms with Gasteiger partial charge in [-0.15, -0.1) is 10.2 Å². The SMILES string of the molecule is NC(=O)c1ccc(NCCN2CCCCC2)nn1. The lowest BCUT2D eigenvalue weighted by atomic mass is 10.1. The summed E-state index contributed by atoms with van der Waals surface area (Å²) in [5, 5.41) is 10.8. The molecule has 1 aliphatic heterocycles. The van der Waals surface area contributed by atoms with Crippen molar-refractivity contribution in [1.82, 2.24) is 15.1 Å². The van der Waals surface area contributed by atoms with Gasteiger partial charge in [0.15, 0.2) is 5.69 Å². The zero-order valence-electron chi connectivity index (χ0n) is 10.4. The van der Waals surface area contributed by atoms with Crippen LogP contribution in [-0.4, -0.2) is 47.2 Å². The minimum Gasteiger partial charge on any atom is -0.367 e. The second-order valence-corrected chi connectivity index (χ2v) is 4.50. The van der Waals surface area contributed by atoms with Crippen molar-refractivity contribution in [3.8, 4) is 0 Å². The van der Waals surface area contributed by atoms with E-state index in [1.807, 2.05) is 0 Å². The Morgan fingerprint density at radius 1 is 1.28 bits per heavy atom. The first kappa shape index (κ1) is 12.8. The molecule has 2 heterocycles. The van der Waals surface area contributed by atoms with Gasteiger partial charge in [-0.3, -0.25) is 4.79 Å². The average Bonchev–Trinajstić information content (AvgIpc) is 2.40. The number of carbonyl (C=O) groups is 1. The topological polar surface area (TPSA) is 84.1 Å². The number of rotatable bonds is 5. The van der Waals surface area contributed by atoms with Crippen LogP contribution in [0.25, 0.3) is 0 Å². The summed E-state index contributed by atoms with van der Waals surface area (Å²) in [6.45, 7) is 4.23. The largest absolute Gasteiger partial charge is 0.367 e. The molecule has 1 saturated heterocycles. The number of hydrogen-bond acceptors (Lipinski definition) is 5. The van der Waals surface area contributed by atoms with E-state index in [4.69, 9.17) is 5.73 Å². The van der Waals surface area contributed by atoms with Crippen LogP contribution in [0.15, 0.2) is 12.1 Å². The first-order valence-corrected chi connectivity index (χ1v) is 6.35. The highest BCUT2D eigenvalue weighted by Gasteiger charge is 2.09. The third-order valence-corrected chi connectivity index (χ3v) is 3.10. The minimum absolute atomic E-state index is 0.191. The summed E-state index contributed by atoms with van der Waals surface area (Å²) >= 11 is 0. The molecule has 18 heavy (non-hydrogen) atoms. The molecule has 1 amide bonds. The van der Waals surface area contributed by atoms with Gasteiger partial charge in [-0.1, -0.05) is 6.42 Å². The van der Waals surface area contributed by atoms with Crippen LogP contribution >= 0.6 is 0 Å². The summed E-state index contributed by atoms with van der Waals surface area (Å²) in [5.74, 6) is 0.124. The number of primary amides is 1. The van der Waals surface area contributed by atoms with E-state index in [1.54, 1.807) is 12.1 Å². The van der Waals surface area contributed by atoms with Crippen molar-refractivity contribution in [3.05, 3.63) is 17.8 Å². The Hall–Kier alpha value is -1.69. The Kier molecular flexibility index (Phi) is 4.46. The predicted molar refractivity (Wildman–Crippen MR) is 69.3 cm³/mol. The summed E-state index contributed by atoms with van der Waals surface area (Å²) in [6.07, 6.45) is 3.95. The van der Waals surface area contributed by atoms with Crippen LogP contribution < -0.4 is 11.1 Å². The molecule has 1 aromatic heterocycles. The fraction of sp³-hybridized carbons (Fsp3) is 0.583. The number of nitrogens with zero attached hydrogens (tertiary/aromatic N) is 3. The van der Waals surface area contributed by atoms with Crippen molar-refractivity contribution in [2.24, 2.45) is 5.73 Å². The lowest BCUT2D eigenvalue weighted by Crippen LogP contribution is -2.33. The van der Waals surface area contributed by atoms with Gasteiger partial charge in [0.1, 0.15) is 5.82 Å². The van der Waals surface area contributed by atoms with Crippen LogP contribution in [0.2, 0.25) is 0 Å². The summed E-state index contributed by atoms with van der Waals surface area (Å²) in [4.78, 5) is 13.3. The quantitative estimate of drug-likeness (QED) is 0.792. The van der Waals surface area contributed by atoms with E-state index < -0.39 is 5.91 Å². The number of likely N-dealkylation sites (tertiary alicyclic amines) is 1. The van der Waals surface area contributed by atoms with E-state index in [-0.39, 0.29) is 5.69 Å². The number of nitrogens with one attached hydrogen (secondary N) is 1. The van der Waals surface area contributed by atoms with Crippen molar-refractivity contribution in [2.75, 3.05) is 31.5 Å². The van der Waals surface area contributed by atoms with E-state index in [1.165, 1.54) is 32.4 Å². The van der Waals surface area contributed by atoms with E-state index in [2.05, 4.69) is 20.4 Å². The molecule has 6 heteroatoms. The summed E-state index contributed by atoms with van der Waals surface area (Å²) in [7, 11) is 0. The van der Waals surface area contributed by atoms with Gasteiger partial charge in [0.05, 0.1) is 0 Å². The van der Waals surface area contributed by atoms with Crippen LogP contribution in [0.5, 0.6) is 0 Å². The molecule has 2 rings (SSSR count). The Morgan fingerprint density at radius 2 is 2.06 bits per heavy atom. The standard InChI is InChI=1S/C12H19N5O/c13-12(18)10-4-5-11(16-15-10)14-6-9-17-7-2-1-3-8-17/h4-5H,1-3,6-9H2,(H2,13,18)(H,14,16). The van der Waals surface area contributed by atoms with Crippen LogP contribution in [0, 0.1) is 0 Å². The van der Waals surface area contributed by atoms with Gasteiger partial charge in [0, 0.05) is 13.1 Å². The first-order valence-electron chi connectivity index (χ1n) is 6.35. The molecule has 0 aliphatic carbocycles. The van der Waals surface area contributed by atoms with E-state index in [9.17, 15) is 4.79 Å². The number of anilines is 1. The second-order valence-electron chi connectivity index (χ2n) is 4.50. The van der Waals surface area contributed by atoms with Crippen molar-refractivity contribution >= 4 is 11.7 Å². The van der Waals surface area contributed by atoms with Gasteiger partial charge in [0.2, 0.25) is 0 Å². The zero-order valence-corrected chi connectivity index (χ0v) is 10.4. The summed E-state index contributed by atoms with van der Waals surface area (Å²) in [5.41, 5.74) is 5.28. The molecule has 0 saturated carbocycles. The average molecular weight is 249 g/mol. The molecule has 0 atom stereocenters. The number of carbonyl (C=O) groups excluding carboxylic acids is 1. The number of aromatic nitrogens is 2. The molecule has 0 bridgehead atoms. The van der Waals surface area contributed by atoms with Gasteiger partial charge < -0.3 is 16.0 Å². The van der Waals surface area contributed by atoms with Gasteiger partial charge in [-0.2, -0.15) is 0 Å². The molecule has 6 nitrogen and oxygen atoms in total. The molecule has 98 valence electrons. The lowest BCUT2D eigenvalue weighted by molar-refractivity contribution is 0.0994. The highest BCUT2D eigenvalue weighted by atomic mass is 16.1. The molecule has 1 aromatic rings. The third kappa shape index (κ3) is 3.66. The van der Waals surface area contributed by atoms with Gasteiger partial charge in [0.25, 0.3) is 5.91 Å². The Morgan fingerprint density at radius 3 is 2.67 bits per heavy atom. The highest BCUT2D eigenvalue weighted by Crippen LogP contribution is 2.08. The summed E-state index contributed by atoms with van der Waals surface area (Å²) < 4.78 is 0. The maximum atomic E-state index is 10.8. The second kappa shape index (κ2) is 6.30. The molecule has 1 fully saturated rings. The van der Waals surface area contributed by atoms with Crippen LogP contribution in [-0.2, 0) is 0 Å². The maximum Gasteiger partial charge on any atom is 0.269 e. The molecule has 0 unspecified atom stereocenters. The monoisotopic (exact) mass is 249 g/mol. The number of piperidine rings is 1. The lowest BCUT2D eigenvalue weighted by Gasteiger charge is -2.26. The summed E-state index contributed by atoms with van der Waals surface area (Å²) in [6, 6.07) is 3.31. The van der Waals surface area contributed by atoms with Crippen LogP contribution in [0.1, 0.15) is 29.8 Å². The predicted octanol–water partition coefficient (Wildman–Crippen LogP) is 0.473. The fourth-order valence-corrected chi connectivity index (χ4v) is 2.08. The normalized spacial score (nSPS) is 16.4. The minimum atomic E-state index is -0.553. The van der Waals surface area contributed by atoms with Crippen molar-refractivity contribution in [2.45, 2.75) is 19.3 Å². The van der Waals surface area contributed by atoms with Crippen LogP contribution in [0.4, 0.5) is 5.82 Å². The zero-order chi connectivity index (χ0) is 12.8. The smallest absolute Gasteiger partial charge is 0.269 e. The Bertz CT molecular complexity index is 386. The van der Waals surface area contributed by atoms with Crippen molar-refractivity contribution in [3.63, 3.8) is 0 Å². The van der Waals surface area contributed by atoms with Gasteiger partial charge in [-0.05, 0) is 38.1 Å². The van der Waals surface area contributed by atoms with E-state index >= 15 is 0 Å². The van der Waals surface area contributed by atoms with Crippen LogP contribution in [0.3, 0.4) is 0 Å². The van der Waals surface area contributed by atoms with Crippen molar-refractivity contribution in [1.29, 1.82) is 0 Å². The maximum absolute atomic E-state index is 10.8. The Labute approximate surface area is 107 Å². The molecule has 3 N–H and O–H groups in total. The van der Waals surface area contributed by atoms with Gasteiger partial charge in [-0.25, -0.2) is 0 Å². The molecule has 0 spiro atoms. The Balaban J connectivity index is 1.74. The highest BCUT2D eigenvalue weighted by molar-refractivity contribution is 5.90. The molecule has 0 aromatic carbocycles. The van der Waals surface area contributed by atoms with Gasteiger partial charge >= 0.3 is 0 Å². The van der Waals surface area contributed by atoms with E-state index in [0.29, 0.717) is 5.82 Å². The van der Waals surface area contributed by atoms with E-state index in [0.717, 1.165) is 13.1 Å². The van der Waals surface area contributed by atoms with Crippen molar-refractivity contribution < 1.29 is 4.79 Å². The number of hydrogen-bond donors (Lipinski definition) is 2.